The Morgan fingerprint density at radius 3 is 2.10 bits per heavy atom. The molecule has 0 aliphatic heterocycles. The zero-order valence-corrected chi connectivity index (χ0v) is 12.0. The molecule has 0 spiro atoms. The Kier molecular flexibility index (Phi) is 5.47. The highest BCUT2D eigenvalue weighted by atomic mass is 16.2. The van der Waals surface area contributed by atoms with Crippen molar-refractivity contribution in [1.82, 2.24) is 0 Å². The summed E-state index contributed by atoms with van der Waals surface area (Å²) in [5, 5.41) is 8.92. The molecule has 0 saturated heterocycles. The van der Waals surface area contributed by atoms with Gasteiger partial charge >= 0.3 is 0 Å². The number of hydrogen-bond donors (Lipinski definition) is 1. The quantitative estimate of drug-likeness (QED) is 0.624. The van der Waals surface area contributed by atoms with Gasteiger partial charge in [-0.2, -0.15) is 0 Å². The molecule has 2 rings (SSSR count). The average molecular weight is 280 g/mol. The summed E-state index contributed by atoms with van der Waals surface area (Å²) in [4.78, 5) is 11.9. The number of carbonyl (C=O) groups is 1. The molecule has 2 nitrogen and oxygen atoms in total. The van der Waals surface area contributed by atoms with Crippen LogP contribution in [-0.4, -0.2) is 18.0 Å². The highest BCUT2D eigenvalue weighted by Crippen LogP contribution is 2.30. The highest BCUT2D eigenvalue weighted by Gasteiger charge is 2.30. The molecule has 0 amide bonds. The van der Waals surface area contributed by atoms with Crippen LogP contribution in [0.25, 0.3) is 0 Å². The molecular weight excluding hydrogens is 260 g/mol. The van der Waals surface area contributed by atoms with Crippen LogP contribution in [0, 0.1) is 0 Å². The number of rotatable bonds is 7. The normalized spacial score (nSPS) is 14.0. The van der Waals surface area contributed by atoms with Crippen LogP contribution < -0.4 is 0 Å². The molecule has 0 fully saturated rings. The lowest BCUT2D eigenvalue weighted by Crippen LogP contribution is -2.30. The minimum Gasteiger partial charge on any atom is -0.392 e. The summed E-state index contributed by atoms with van der Waals surface area (Å²) in [5.74, 6) is 0. The van der Waals surface area contributed by atoms with Crippen molar-refractivity contribution in [2.24, 2.45) is 0 Å². The number of aliphatic hydroxyl groups is 1. The molecule has 2 heteroatoms. The second kappa shape index (κ2) is 7.55. The van der Waals surface area contributed by atoms with Gasteiger partial charge in [-0.05, 0) is 24.0 Å². The summed E-state index contributed by atoms with van der Waals surface area (Å²) >= 11 is 0. The van der Waals surface area contributed by atoms with E-state index in [0.29, 0.717) is 12.8 Å². The van der Waals surface area contributed by atoms with Crippen LogP contribution in [0.2, 0.25) is 0 Å². The number of benzene rings is 2. The average Bonchev–Trinajstić information content (AvgIpc) is 2.56. The second-order valence-electron chi connectivity index (χ2n) is 5.16. The fraction of sp³-hybridized carbons (Fsp3) is 0.211. The van der Waals surface area contributed by atoms with E-state index in [4.69, 9.17) is 5.11 Å². The Morgan fingerprint density at radius 2 is 1.52 bits per heavy atom. The fourth-order valence-electron chi connectivity index (χ4n) is 2.55. The van der Waals surface area contributed by atoms with Gasteiger partial charge in [0.2, 0.25) is 0 Å². The third-order valence-corrected chi connectivity index (χ3v) is 3.69. The van der Waals surface area contributed by atoms with Gasteiger partial charge in [0.25, 0.3) is 0 Å². The van der Waals surface area contributed by atoms with Crippen LogP contribution in [0.5, 0.6) is 0 Å². The molecule has 0 aromatic heterocycles. The van der Waals surface area contributed by atoms with Crippen LogP contribution in [0.1, 0.15) is 17.5 Å². The van der Waals surface area contributed by atoms with Crippen molar-refractivity contribution in [2.75, 3.05) is 6.61 Å². The van der Waals surface area contributed by atoms with Gasteiger partial charge in [0, 0.05) is 0 Å². The lowest BCUT2D eigenvalue weighted by Gasteiger charge is -2.28. The number of allylic oxidation sites excluding steroid dienone is 1. The van der Waals surface area contributed by atoms with Gasteiger partial charge in [-0.15, -0.1) is 0 Å². The molecular formula is C19H20O2. The van der Waals surface area contributed by atoms with E-state index in [2.05, 4.69) is 0 Å². The predicted molar refractivity (Wildman–Crippen MR) is 85.2 cm³/mol. The first-order valence-corrected chi connectivity index (χ1v) is 7.12. The van der Waals surface area contributed by atoms with Crippen molar-refractivity contribution in [3.05, 3.63) is 83.9 Å². The Hall–Kier alpha value is -2.19. The third-order valence-electron chi connectivity index (χ3n) is 3.69. The smallest absolute Gasteiger partial charge is 0.131 e. The first kappa shape index (κ1) is 15.2. The summed E-state index contributed by atoms with van der Waals surface area (Å²) in [6.07, 6.45) is 5.83. The highest BCUT2D eigenvalue weighted by molar-refractivity contribution is 5.70. The van der Waals surface area contributed by atoms with E-state index in [-0.39, 0.29) is 6.61 Å². The van der Waals surface area contributed by atoms with Gasteiger partial charge in [-0.25, -0.2) is 0 Å². The molecule has 1 unspecified atom stereocenters. The maximum atomic E-state index is 11.9. The predicted octanol–water partition coefficient (Wildman–Crippen LogP) is 3.30. The van der Waals surface area contributed by atoms with Crippen LogP contribution in [-0.2, 0) is 16.6 Å². The van der Waals surface area contributed by atoms with Crippen LogP contribution >= 0.6 is 0 Å². The first-order chi connectivity index (χ1) is 10.3. The largest absolute Gasteiger partial charge is 0.392 e. The summed E-state index contributed by atoms with van der Waals surface area (Å²) in [6, 6.07) is 19.9. The lowest BCUT2D eigenvalue weighted by atomic mass is 9.74. The Labute approximate surface area is 125 Å². The maximum Gasteiger partial charge on any atom is 0.131 e. The third kappa shape index (κ3) is 3.89. The van der Waals surface area contributed by atoms with E-state index in [1.165, 1.54) is 0 Å². The topological polar surface area (TPSA) is 37.3 Å². The van der Waals surface area contributed by atoms with E-state index >= 15 is 0 Å². The SMILES string of the molecule is O=CC(C/C=C\CO)(Cc1ccccc1)c1ccccc1. The molecule has 2 aromatic carbocycles. The zero-order valence-electron chi connectivity index (χ0n) is 12.0. The molecule has 0 heterocycles. The monoisotopic (exact) mass is 280 g/mol. The number of carbonyl (C=O) groups excluding carboxylic acids is 1. The molecule has 1 N–H and O–H groups in total. The van der Waals surface area contributed by atoms with Gasteiger partial charge in [0.15, 0.2) is 0 Å². The first-order valence-electron chi connectivity index (χ1n) is 7.12. The molecule has 21 heavy (non-hydrogen) atoms. The number of hydrogen-bond acceptors (Lipinski definition) is 2. The molecule has 1 atom stereocenters. The molecule has 2 aromatic rings. The van der Waals surface area contributed by atoms with Crippen molar-refractivity contribution in [3.63, 3.8) is 0 Å². The van der Waals surface area contributed by atoms with Crippen LogP contribution in [0.15, 0.2) is 72.8 Å². The van der Waals surface area contributed by atoms with Crippen molar-refractivity contribution in [2.45, 2.75) is 18.3 Å². The molecule has 108 valence electrons. The zero-order chi connectivity index (χ0) is 15.0. The van der Waals surface area contributed by atoms with Gasteiger partial charge in [-0.1, -0.05) is 72.8 Å². The maximum absolute atomic E-state index is 11.9. The summed E-state index contributed by atoms with van der Waals surface area (Å²) in [5.41, 5.74) is 1.55. The Bertz CT molecular complexity index is 575. The Balaban J connectivity index is 2.36. The van der Waals surface area contributed by atoms with Crippen molar-refractivity contribution < 1.29 is 9.90 Å². The second-order valence-corrected chi connectivity index (χ2v) is 5.16. The summed E-state index contributed by atoms with van der Waals surface area (Å²) in [6.45, 7) is -0.00490. The van der Waals surface area contributed by atoms with Gasteiger partial charge in [-0.3, -0.25) is 0 Å². The molecule has 0 aliphatic carbocycles. The Morgan fingerprint density at radius 1 is 0.905 bits per heavy atom. The minimum absolute atomic E-state index is 0.00490. The standard InChI is InChI=1S/C19H20O2/c20-14-8-7-13-19(16-21,18-11-5-2-6-12-18)15-17-9-3-1-4-10-17/h1-12,16,20H,13-15H2/b8-7-. The van der Waals surface area contributed by atoms with E-state index in [1.807, 2.05) is 66.7 Å². The van der Waals surface area contributed by atoms with Crippen LogP contribution in [0.3, 0.4) is 0 Å². The van der Waals surface area contributed by atoms with Gasteiger partial charge in [0.05, 0.1) is 12.0 Å². The molecule has 0 aliphatic rings. The number of aldehydes is 1. The summed E-state index contributed by atoms with van der Waals surface area (Å²) in [7, 11) is 0. The lowest BCUT2D eigenvalue weighted by molar-refractivity contribution is -0.112. The van der Waals surface area contributed by atoms with E-state index < -0.39 is 5.41 Å². The minimum atomic E-state index is -0.589. The van der Waals surface area contributed by atoms with Gasteiger partial charge in [0.1, 0.15) is 6.29 Å². The molecule has 0 bridgehead atoms. The van der Waals surface area contributed by atoms with Crippen molar-refractivity contribution >= 4 is 6.29 Å². The van der Waals surface area contributed by atoms with E-state index in [9.17, 15) is 4.79 Å². The number of aliphatic hydroxyl groups excluding tert-OH is 1. The van der Waals surface area contributed by atoms with E-state index in [1.54, 1.807) is 6.08 Å². The van der Waals surface area contributed by atoms with E-state index in [0.717, 1.165) is 17.4 Å². The summed E-state index contributed by atoms with van der Waals surface area (Å²) < 4.78 is 0. The van der Waals surface area contributed by atoms with Crippen molar-refractivity contribution in [1.29, 1.82) is 0 Å². The van der Waals surface area contributed by atoms with Gasteiger partial charge < -0.3 is 9.90 Å². The fourth-order valence-corrected chi connectivity index (χ4v) is 2.55. The van der Waals surface area contributed by atoms with Crippen molar-refractivity contribution in [3.8, 4) is 0 Å². The van der Waals surface area contributed by atoms with Crippen LogP contribution in [0.4, 0.5) is 0 Å². The molecule has 0 saturated carbocycles. The molecule has 0 radical (unpaired) electrons.